The van der Waals surface area contributed by atoms with Gasteiger partial charge in [0.1, 0.15) is 22.9 Å². The number of carbonyl (C=O) groups excluding carboxylic acids is 1. The lowest BCUT2D eigenvalue weighted by molar-refractivity contribution is 0.0997. The van der Waals surface area contributed by atoms with Crippen molar-refractivity contribution in [1.29, 1.82) is 0 Å². The Hall–Kier alpha value is -6.03. The molecule has 0 saturated heterocycles. The first kappa shape index (κ1) is 27.2. The average molecular weight is 572 g/mol. The third-order valence-electron chi connectivity index (χ3n) is 6.73. The molecule has 0 bridgehead atoms. The van der Waals surface area contributed by atoms with Crippen molar-refractivity contribution in [3.05, 3.63) is 126 Å². The number of amides is 1. The molecule has 1 amide bonds. The second-order valence-corrected chi connectivity index (χ2v) is 9.34. The largest absolute Gasteiger partial charge is 0.493 e. The second-order valence-electron chi connectivity index (χ2n) is 9.34. The maximum absolute atomic E-state index is 14.0. The van der Waals surface area contributed by atoms with Crippen LogP contribution in [0.2, 0.25) is 0 Å². The summed E-state index contributed by atoms with van der Waals surface area (Å²) in [6.45, 7) is 0. The van der Waals surface area contributed by atoms with E-state index in [1.165, 1.54) is 11.1 Å². The number of methoxy groups -OCH3 is 2. The lowest BCUT2D eigenvalue weighted by Crippen LogP contribution is -2.31. The number of aromatic nitrogens is 4. The molecule has 0 radical (unpaired) electrons. The van der Waals surface area contributed by atoms with Crippen LogP contribution in [0.3, 0.4) is 0 Å². The quantitative estimate of drug-likeness (QED) is 0.230. The number of H-pyrrole nitrogens is 1. The minimum Gasteiger partial charge on any atom is -0.493 e. The summed E-state index contributed by atoms with van der Waals surface area (Å²) < 4.78 is 17.0. The van der Waals surface area contributed by atoms with Gasteiger partial charge in [0, 0.05) is 47.4 Å². The smallest absolute Gasteiger partial charge is 0.269 e. The van der Waals surface area contributed by atoms with E-state index in [-0.39, 0.29) is 5.56 Å². The van der Waals surface area contributed by atoms with Gasteiger partial charge in [-0.2, -0.15) is 0 Å². The van der Waals surface area contributed by atoms with Gasteiger partial charge in [0.15, 0.2) is 11.5 Å². The Kier molecular flexibility index (Phi) is 7.47. The zero-order chi connectivity index (χ0) is 29.8. The van der Waals surface area contributed by atoms with E-state index in [2.05, 4.69) is 19.9 Å². The van der Waals surface area contributed by atoms with E-state index >= 15 is 0 Å². The van der Waals surface area contributed by atoms with E-state index in [0.717, 1.165) is 10.9 Å². The van der Waals surface area contributed by atoms with Crippen LogP contribution >= 0.6 is 0 Å². The molecule has 212 valence electrons. The fraction of sp³-hybridized carbons (Fsp3) is 0.0606. The Bertz CT molecular complexity index is 1960. The summed E-state index contributed by atoms with van der Waals surface area (Å²) >= 11 is 0. The number of hydrogen-bond donors (Lipinski definition) is 1. The van der Waals surface area contributed by atoms with Gasteiger partial charge in [0.2, 0.25) is 0 Å². The summed E-state index contributed by atoms with van der Waals surface area (Å²) in [5, 5.41) is 0.720. The van der Waals surface area contributed by atoms with Gasteiger partial charge >= 0.3 is 0 Å². The Morgan fingerprint density at radius 3 is 2.33 bits per heavy atom. The number of nitrogens with zero attached hydrogens (tertiary/aromatic N) is 4. The number of hydrogen-bond acceptors (Lipinski definition) is 8. The number of nitrogens with one attached hydrogen (secondary N) is 1. The summed E-state index contributed by atoms with van der Waals surface area (Å²) in [5.41, 5.74) is 2.06. The van der Waals surface area contributed by atoms with Crippen molar-refractivity contribution in [2.75, 3.05) is 19.1 Å². The molecule has 2 aromatic carbocycles. The Morgan fingerprint density at radius 1 is 0.791 bits per heavy atom. The summed E-state index contributed by atoms with van der Waals surface area (Å²) in [6, 6.07) is 22.9. The van der Waals surface area contributed by atoms with Crippen molar-refractivity contribution >= 4 is 28.3 Å². The van der Waals surface area contributed by atoms with Gasteiger partial charge in [0.25, 0.3) is 11.5 Å². The SMILES string of the molecule is COc1cc2nccc(Oc3ccc(N(C(=O)c4cc(-c5cccnc5)c[nH]c4=O)c4ccccc4)nc3)c2cc1OC. The van der Waals surface area contributed by atoms with Crippen molar-refractivity contribution in [3.8, 4) is 34.1 Å². The van der Waals surface area contributed by atoms with Crippen molar-refractivity contribution in [2.24, 2.45) is 0 Å². The number of pyridine rings is 4. The van der Waals surface area contributed by atoms with Crippen molar-refractivity contribution in [2.45, 2.75) is 0 Å². The maximum Gasteiger partial charge on any atom is 0.269 e. The molecule has 0 fully saturated rings. The number of carbonyl (C=O) groups is 1. The van der Waals surface area contributed by atoms with Crippen LogP contribution in [0, 0.1) is 0 Å². The molecule has 4 heterocycles. The van der Waals surface area contributed by atoms with Crippen molar-refractivity contribution in [1.82, 2.24) is 19.9 Å². The Labute approximate surface area is 246 Å². The molecule has 0 aliphatic carbocycles. The fourth-order valence-corrected chi connectivity index (χ4v) is 4.62. The third kappa shape index (κ3) is 5.49. The molecule has 10 nitrogen and oxygen atoms in total. The Balaban J connectivity index is 1.35. The predicted molar refractivity (Wildman–Crippen MR) is 162 cm³/mol. The van der Waals surface area contributed by atoms with E-state index < -0.39 is 11.5 Å². The molecule has 10 heteroatoms. The molecule has 0 saturated carbocycles. The van der Waals surface area contributed by atoms with Crippen LogP contribution in [-0.4, -0.2) is 40.1 Å². The minimum atomic E-state index is -0.541. The standard InChI is InChI=1S/C33H25N5O5/c1-41-29-16-25-27(17-30(29)42-2)35-14-12-28(25)43-24-10-11-31(36-20-24)38(23-8-4-3-5-9-23)33(40)26-15-22(19-37-32(26)39)21-7-6-13-34-18-21/h3-20H,1-2H3,(H,37,39). The first-order valence-electron chi connectivity index (χ1n) is 13.2. The van der Waals surface area contributed by atoms with Gasteiger partial charge < -0.3 is 19.2 Å². The number of ether oxygens (including phenoxy) is 3. The normalized spacial score (nSPS) is 10.7. The highest BCUT2D eigenvalue weighted by Gasteiger charge is 2.24. The van der Waals surface area contributed by atoms with Crippen LogP contribution in [0.5, 0.6) is 23.0 Å². The van der Waals surface area contributed by atoms with Crippen molar-refractivity contribution in [3.63, 3.8) is 0 Å². The van der Waals surface area contributed by atoms with Gasteiger partial charge in [-0.15, -0.1) is 0 Å². The van der Waals surface area contributed by atoms with Gasteiger partial charge in [-0.1, -0.05) is 24.3 Å². The van der Waals surface area contributed by atoms with Gasteiger partial charge in [-0.05, 0) is 48.5 Å². The zero-order valence-electron chi connectivity index (χ0n) is 23.2. The van der Waals surface area contributed by atoms with Gasteiger partial charge in [-0.3, -0.25) is 24.5 Å². The first-order valence-corrected chi connectivity index (χ1v) is 13.2. The summed E-state index contributed by atoms with van der Waals surface area (Å²) in [7, 11) is 3.13. The molecule has 0 spiro atoms. The number of aromatic amines is 1. The third-order valence-corrected chi connectivity index (χ3v) is 6.73. The Morgan fingerprint density at radius 2 is 1.60 bits per heavy atom. The second kappa shape index (κ2) is 11.8. The van der Waals surface area contributed by atoms with E-state index in [0.29, 0.717) is 45.6 Å². The monoisotopic (exact) mass is 571 g/mol. The highest BCUT2D eigenvalue weighted by atomic mass is 16.5. The molecule has 1 N–H and O–H groups in total. The molecular formula is C33H25N5O5. The molecule has 4 aromatic heterocycles. The minimum absolute atomic E-state index is 0.0417. The van der Waals surface area contributed by atoms with E-state index in [1.54, 1.807) is 106 Å². The van der Waals surface area contributed by atoms with Crippen LogP contribution in [-0.2, 0) is 0 Å². The lowest BCUT2D eigenvalue weighted by atomic mass is 10.1. The van der Waals surface area contributed by atoms with Crippen LogP contribution in [0.15, 0.2) is 115 Å². The van der Waals surface area contributed by atoms with Crippen LogP contribution in [0.25, 0.3) is 22.0 Å². The summed E-state index contributed by atoms with van der Waals surface area (Å²) in [5.74, 6) is 1.83. The van der Waals surface area contributed by atoms with E-state index in [4.69, 9.17) is 14.2 Å². The number of anilines is 2. The molecule has 0 aliphatic heterocycles. The molecule has 0 atom stereocenters. The molecule has 6 rings (SSSR count). The van der Waals surface area contributed by atoms with Crippen molar-refractivity contribution < 1.29 is 19.0 Å². The first-order chi connectivity index (χ1) is 21.1. The average Bonchev–Trinajstić information content (AvgIpc) is 3.06. The molecule has 6 aromatic rings. The number of benzene rings is 2. The highest BCUT2D eigenvalue weighted by Crippen LogP contribution is 2.37. The zero-order valence-corrected chi connectivity index (χ0v) is 23.2. The van der Waals surface area contributed by atoms with Crippen LogP contribution in [0.1, 0.15) is 10.4 Å². The lowest BCUT2D eigenvalue weighted by Gasteiger charge is -2.22. The topological polar surface area (TPSA) is 120 Å². The molecular weight excluding hydrogens is 546 g/mol. The van der Waals surface area contributed by atoms with Gasteiger partial charge in [0.05, 0.1) is 31.6 Å². The fourth-order valence-electron chi connectivity index (χ4n) is 4.62. The molecule has 0 unspecified atom stereocenters. The summed E-state index contributed by atoms with van der Waals surface area (Å²) in [6.07, 6.45) is 8.03. The number of para-hydroxylation sites is 1. The number of rotatable bonds is 8. The number of fused-ring (bicyclic) bond motifs is 1. The van der Waals surface area contributed by atoms with E-state index in [1.807, 2.05) is 12.1 Å². The van der Waals surface area contributed by atoms with E-state index in [9.17, 15) is 9.59 Å². The maximum atomic E-state index is 14.0. The van der Waals surface area contributed by atoms with Crippen LogP contribution in [0.4, 0.5) is 11.5 Å². The highest BCUT2D eigenvalue weighted by molar-refractivity contribution is 6.10. The van der Waals surface area contributed by atoms with Crippen LogP contribution < -0.4 is 24.7 Å². The molecule has 0 aliphatic rings. The van der Waals surface area contributed by atoms with Gasteiger partial charge in [-0.25, -0.2) is 4.98 Å². The molecule has 43 heavy (non-hydrogen) atoms. The predicted octanol–water partition coefficient (Wildman–Crippen LogP) is 6.17. The summed E-state index contributed by atoms with van der Waals surface area (Å²) in [4.78, 5) is 44.0.